The number of aliphatic imine (C=N–C) groups is 1. The molecule has 1 aliphatic heterocycles. The topological polar surface area (TPSA) is 71.0 Å². The van der Waals surface area contributed by atoms with E-state index in [4.69, 9.17) is 26.1 Å². The molecule has 0 saturated carbocycles. The number of pyridine rings is 1. The van der Waals surface area contributed by atoms with Crippen LogP contribution in [0.4, 0.5) is 5.82 Å². The monoisotopic (exact) mass is 431 g/mol. The molecule has 162 valence electrons. The maximum atomic E-state index is 6.30. The van der Waals surface area contributed by atoms with Crippen LogP contribution in [0.2, 0.25) is 5.02 Å². The molecule has 0 radical (unpaired) electrons. The van der Waals surface area contributed by atoms with E-state index in [1.807, 2.05) is 30.3 Å². The summed E-state index contributed by atoms with van der Waals surface area (Å²) in [6.07, 6.45) is 3.54. The van der Waals surface area contributed by atoms with Gasteiger partial charge in [-0.1, -0.05) is 11.6 Å². The molecule has 0 amide bonds. The largest absolute Gasteiger partial charge is 0.497 e. The predicted molar refractivity (Wildman–Crippen MR) is 122 cm³/mol. The fraction of sp³-hybridized carbons (Fsp3) is 0.455. The van der Waals surface area contributed by atoms with Crippen LogP contribution in [0, 0.1) is 0 Å². The van der Waals surface area contributed by atoms with Gasteiger partial charge in [-0.2, -0.15) is 0 Å². The van der Waals surface area contributed by atoms with Crippen molar-refractivity contribution in [1.29, 1.82) is 0 Å². The molecule has 8 heteroatoms. The number of aromatic nitrogens is 1. The van der Waals surface area contributed by atoms with Crippen molar-refractivity contribution in [2.75, 3.05) is 45.3 Å². The standard InChI is InChI=1S/C22H30ClN5O2/c1-4-24-22(26-12-9-16-14-18(29-2)7-8-20(16)30-3)27-17-10-13-28(15-17)21-19(23)6-5-11-25-21/h5-8,11,14,17H,4,9-10,12-13,15H2,1-3H3,(H2,24,26,27). The lowest BCUT2D eigenvalue weighted by Gasteiger charge is -2.20. The summed E-state index contributed by atoms with van der Waals surface area (Å²) in [5.74, 6) is 3.33. The lowest BCUT2D eigenvalue weighted by atomic mass is 10.1. The van der Waals surface area contributed by atoms with Crippen LogP contribution in [0.3, 0.4) is 0 Å². The Bertz CT molecular complexity index is 861. The number of nitrogens with one attached hydrogen (secondary N) is 2. The Kier molecular flexibility index (Phi) is 8.02. The van der Waals surface area contributed by atoms with Gasteiger partial charge in [-0.05, 0) is 55.7 Å². The van der Waals surface area contributed by atoms with E-state index in [0.717, 1.165) is 61.3 Å². The van der Waals surface area contributed by atoms with Crippen LogP contribution in [0.1, 0.15) is 18.9 Å². The lowest BCUT2D eigenvalue weighted by molar-refractivity contribution is 0.399. The number of methoxy groups -OCH3 is 2. The van der Waals surface area contributed by atoms with Crippen LogP contribution in [-0.2, 0) is 6.42 Å². The molecule has 2 N–H and O–H groups in total. The highest BCUT2D eigenvalue weighted by Gasteiger charge is 2.25. The Hall–Kier alpha value is -2.67. The summed E-state index contributed by atoms with van der Waals surface area (Å²) in [5, 5.41) is 7.57. The SMILES string of the molecule is CCNC(=NCCc1cc(OC)ccc1OC)NC1CCN(c2ncccc2Cl)C1. The zero-order chi connectivity index (χ0) is 21.3. The predicted octanol–water partition coefficient (Wildman–Crippen LogP) is 3.13. The fourth-order valence-electron chi connectivity index (χ4n) is 3.56. The zero-order valence-corrected chi connectivity index (χ0v) is 18.6. The van der Waals surface area contributed by atoms with Gasteiger partial charge >= 0.3 is 0 Å². The molecule has 1 fully saturated rings. The number of nitrogens with zero attached hydrogens (tertiary/aromatic N) is 3. The number of hydrogen-bond acceptors (Lipinski definition) is 5. The first-order valence-corrected chi connectivity index (χ1v) is 10.6. The maximum Gasteiger partial charge on any atom is 0.191 e. The number of hydrogen-bond donors (Lipinski definition) is 2. The van der Waals surface area contributed by atoms with Gasteiger partial charge in [0.1, 0.15) is 17.3 Å². The third-order valence-electron chi connectivity index (χ3n) is 5.05. The van der Waals surface area contributed by atoms with Gasteiger partial charge in [0.15, 0.2) is 5.96 Å². The molecule has 0 spiro atoms. The Morgan fingerprint density at radius 2 is 2.17 bits per heavy atom. The van der Waals surface area contributed by atoms with Gasteiger partial charge in [0.25, 0.3) is 0 Å². The summed E-state index contributed by atoms with van der Waals surface area (Å²) in [7, 11) is 3.35. The average molecular weight is 432 g/mol. The van der Waals surface area contributed by atoms with Crippen molar-refractivity contribution in [3.05, 3.63) is 47.1 Å². The van der Waals surface area contributed by atoms with Gasteiger partial charge in [0.05, 0.1) is 19.2 Å². The maximum absolute atomic E-state index is 6.30. The zero-order valence-electron chi connectivity index (χ0n) is 17.8. The van der Waals surface area contributed by atoms with E-state index < -0.39 is 0 Å². The Morgan fingerprint density at radius 3 is 2.90 bits per heavy atom. The normalized spacial score (nSPS) is 16.5. The van der Waals surface area contributed by atoms with E-state index in [0.29, 0.717) is 11.6 Å². The molecule has 2 heterocycles. The van der Waals surface area contributed by atoms with Crippen LogP contribution in [0.25, 0.3) is 0 Å². The Morgan fingerprint density at radius 1 is 1.30 bits per heavy atom. The van der Waals surface area contributed by atoms with Gasteiger partial charge in [-0.25, -0.2) is 4.98 Å². The third kappa shape index (κ3) is 5.69. The van der Waals surface area contributed by atoms with Gasteiger partial charge in [-0.15, -0.1) is 0 Å². The average Bonchev–Trinajstić information content (AvgIpc) is 3.22. The first-order valence-electron chi connectivity index (χ1n) is 10.3. The molecule has 1 aliphatic rings. The molecule has 1 aromatic carbocycles. The number of guanidine groups is 1. The van der Waals surface area contributed by atoms with E-state index >= 15 is 0 Å². The third-order valence-corrected chi connectivity index (χ3v) is 5.35. The second-order valence-electron chi connectivity index (χ2n) is 7.07. The van der Waals surface area contributed by atoms with Crippen LogP contribution < -0.4 is 25.0 Å². The number of halogens is 1. The summed E-state index contributed by atoms with van der Waals surface area (Å²) < 4.78 is 10.8. The van der Waals surface area contributed by atoms with E-state index in [9.17, 15) is 0 Å². The van der Waals surface area contributed by atoms with Crippen molar-refractivity contribution in [3.63, 3.8) is 0 Å². The first kappa shape index (κ1) is 22.0. The molecule has 1 atom stereocenters. The van der Waals surface area contributed by atoms with E-state index in [1.54, 1.807) is 20.4 Å². The minimum atomic E-state index is 0.284. The molecule has 30 heavy (non-hydrogen) atoms. The highest BCUT2D eigenvalue weighted by molar-refractivity contribution is 6.32. The molecular formula is C22H30ClN5O2. The number of benzene rings is 1. The molecule has 1 saturated heterocycles. The summed E-state index contributed by atoms with van der Waals surface area (Å²) >= 11 is 6.30. The van der Waals surface area contributed by atoms with E-state index in [2.05, 4.69) is 27.4 Å². The molecule has 3 rings (SSSR count). The van der Waals surface area contributed by atoms with E-state index in [-0.39, 0.29) is 6.04 Å². The number of rotatable bonds is 8. The Balaban J connectivity index is 1.60. The van der Waals surface area contributed by atoms with Crippen molar-refractivity contribution in [1.82, 2.24) is 15.6 Å². The van der Waals surface area contributed by atoms with Crippen molar-refractivity contribution < 1.29 is 9.47 Å². The molecule has 0 aliphatic carbocycles. The van der Waals surface area contributed by atoms with Gasteiger partial charge in [0.2, 0.25) is 0 Å². The molecule has 2 aromatic rings. The van der Waals surface area contributed by atoms with Crippen molar-refractivity contribution in [2.24, 2.45) is 4.99 Å². The molecule has 1 aromatic heterocycles. The molecule has 7 nitrogen and oxygen atoms in total. The van der Waals surface area contributed by atoms with Crippen LogP contribution in [0.15, 0.2) is 41.5 Å². The number of anilines is 1. The quantitative estimate of drug-likeness (QED) is 0.494. The van der Waals surface area contributed by atoms with Gasteiger partial charge in [-0.3, -0.25) is 4.99 Å². The van der Waals surface area contributed by atoms with Crippen molar-refractivity contribution in [3.8, 4) is 11.5 Å². The summed E-state index contributed by atoms with van der Waals surface area (Å²) in [5.41, 5.74) is 1.08. The van der Waals surface area contributed by atoms with Gasteiger partial charge in [0, 0.05) is 38.4 Å². The van der Waals surface area contributed by atoms with E-state index in [1.165, 1.54) is 0 Å². The fourth-order valence-corrected chi connectivity index (χ4v) is 3.80. The Labute approximate surface area is 183 Å². The second kappa shape index (κ2) is 10.9. The van der Waals surface area contributed by atoms with Crippen molar-refractivity contribution in [2.45, 2.75) is 25.8 Å². The van der Waals surface area contributed by atoms with Crippen molar-refractivity contribution >= 4 is 23.4 Å². The molecule has 0 bridgehead atoms. The molecule has 1 unspecified atom stereocenters. The molecular weight excluding hydrogens is 402 g/mol. The summed E-state index contributed by atoms with van der Waals surface area (Å²) in [6.45, 7) is 5.26. The summed E-state index contributed by atoms with van der Waals surface area (Å²) in [4.78, 5) is 11.4. The summed E-state index contributed by atoms with van der Waals surface area (Å²) in [6, 6.07) is 9.84. The lowest BCUT2D eigenvalue weighted by Crippen LogP contribution is -2.44. The smallest absolute Gasteiger partial charge is 0.191 e. The highest BCUT2D eigenvalue weighted by Crippen LogP contribution is 2.26. The minimum Gasteiger partial charge on any atom is -0.497 e. The highest BCUT2D eigenvalue weighted by atomic mass is 35.5. The number of ether oxygens (including phenoxy) is 2. The van der Waals surface area contributed by atoms with Crippen LogP contribution >= 0.6 is 11.6 Å². The second-order valence-corrected chi connectivity index (χ2v) is 7.48. The van der Waals surface area contributed by atoms with Crippen LogP contribution in [-0.4, -0.2) is 57.4 Å². The van der Waals surface area contributed by atoms with Crippen LogP contribution in [0.5, 0.6) is 11.5 Å². The first-order chi connectivity index (χ1) is 14.6. The van der Waals surface area contributed by atoms with Gasteiger partial charge < -0.3 is 25.0 Å². The minimum absolute atomic E-state index is 0.284.